The average Bonchev–Trinajstić information content (AvgIpc) is 2.50. The fraction of sp³-hybridized carbons (Fsp3) is 0.294. The summed E-state index contributed by atoms with van der Waals surface area (Å²) >= 11 is 0. The van der Waals surface area contributed by atoms with Crippen LogP contribution in [0.2, 0.25) is 0 Å². The number of carbonyl (C=O) groups excluding carboxylic acids is 1. The number of nitrogens with one attached hydrogen (secondary N) is 1. The zero-order chi connectivity index (χ0) is 13.8. The van der Waals surface area contributed by atoms with Gasteiger partial charge >= 0.3 is 0 Å². The lowest BCUT2D eigenvalue weighted by Gasteiger charge is -2.31. The molecule has 0 aliphatic carbocycles. The summed E-state index contributed by atoms with van der Waals surface area (Å²) in [4.78, 5) is 16.2. The third-order valence-corrected chi connectivity index (χ3v) is 3.83. The number of nitrogens with zero attached hydrogens (tertiary/aromatic N) is 1. The van der Waals surface area contributed by atoms with Gasteiger partial charge in [-0.2, -0.15) is 0 Å². The number of hydrogen-bond acceptors (Lipinski definition) is 2. The molecule has 2 atom stereocenters. The smallest absolute Gasteiger partial charge is 0.220 e. The summed E-state index contributed by atoms with van der Waals surface area (Å²) in [6, 6.07) is 16.4. The number of amides is 1. The van der Waals surface area contributed by atoms with Gasteiger partial charge in [0, 0.05) is 30.3 Å². The zero-order valence-corrected chi connectivity index (χ0v) is 11.3. The number of piperidine rings is 1. The molecule has 2 heterocycles. The van der Waals surface area contributed by atoms with Crippen molar-refractivity contribution in [3.05, 3.63) is 66.0 Å². The number of rotatable bonds is 3. The largest absolute Gasteiger partial charge is 0.352 e. The van der Waals surface area contributed by atoms with Crippen molar-refractivity contribution in [3.63, 3.8) is 0 Å². The second kappa shape index (κ2) is 5.87. The normalized spacial score (nSPS) is 20.2. The summed E-state index contributed by atoms with van der Waals surface area (Å²) in [6.07, 6.45) is 4.41. The lowest BCUT2D eigenvalue weighted by Crippen LogP contribution is -2.43. The highest BCUT2D eigenvalue weighted by atomic mass is 16.1. The lowest BCUT2D eigenvalue weighted by atomic mass is 9.84. The molecule has 1 fully saturated rings. The summed E-state index contributed by atoms with van der Waals surface area (Å²) < 4.78 is 0. The number of hydrogen-bond donors (Lipinski definition) is 1. The fourth-order valence-electron chi connectivity index (χ4n) is 2.91. The van der Waals surface area contributed by atoms with E-state index in [1.54, 1.807) is 0 Å². The average molecular weight is 266 g/mol. The Kier molecular flexibility index (Phi) is 3.77. The van der Waals surface area contributed by atoms with E-state index >= 15 is 0 Å². The van der Waals surface area contributed by atoms with E-state index in [0.717, 1.165) is 18.5 Å². The van der Waals surface area contributed by atoms with E-state index in [2.05, 4.69) is 22.4 Å². The molecule has 1 saturated heterocycles. The van der Waals surface area contributed by atoms with Crippen LogP contribution in [0.15, 0.2) is 54.7 Å². The van der Waals surface area contributed by atoms with E-state index in [1.165, 1.54) is 5.56 Å². The Morgan fingerprint density at radius 3 is 2.60 bits per heavy atom. The van der Waals surface area contributed by atoms with Crippen LogP contribution in [0.3, 0.4) is 0 Å². The maximum Gasteiger partial charge on any atom is 0.220 e. The SMILES string of the molecule is O=C1CCC[C@H]([C@@H](c2ccccc2)c2ccccn2)N1. The van der Waals surface area contributed by atoms with Crippen molar-refractivity contribution < 1.29 is 4.79 Å². The molecule has 0 spiro atoms. The van der Waals surface area contributed by atoms with Crippen LogP contribution >= 0.6 is 0 Å². The van der Waals surface area contributed by atoms with Gasteiger partial charge in [0.05, 0.1) is 0 Å². The first-order valence-electron chi connectivity index (χ1n) is 7.10. The van der Waals surface area contributed by atoms with Crippen LogP contribution in [0.4, 0.5) is 0 Å². The molecule has 0 saturated carbocycles. The van der Waals surface area contributed by atoms with E-state index in [0.29, 0.717) is 6.42 Å². The van der Waals surface area contributed by atoms with Crippen molar-refractivity contribution in [1.29, 1.82) is 0 Å². The molecule has 102 valence electrons. The highest BCUT2D eigenvalue weighted by molar-refractivity contribution is 5.77. The molecule has 3 nitrogen and oxygen atoms in total. The number of aromatic nitrogens is 1. The molecule has 20 heavy (non-hydrogen) atoms. The first kappa shape index (κ1) is 12.9. The van der Waals surface area contributed by atoms with Gasteiger partial charge in [0.2, 0.25) is 5.91 Å². The number of carbonyl (C=O) groups is 1. The minimum atomic E-state index is 0.127. The van der Waals surface area contributed by atoms with E-state index in [-0.39, 0.29) is 17.9 Å². The summed E-state index contributed by atoms with van der Waals surface area (Å²) in [6.45, 7) is 0. The van der Waals surface area contributed by atoms with Gasteiger partial charge in [-0.15, -0.1) is 0 Å². The van der Waals surface area contributed by atoms with Gasteiger partial charge in [-0.3, -0.25) is 9.78 Å². The van der Waals surface area contributed by atoms with Gasteiger partial charge in [-0.1, -0.05) is 36.4 Å². The van der Waals surface area contributed by atoms with Crippen LogP contribution in [0.5, 0.6) is 0 Å². The van der Waals surface area contributed by atoms with Gasteiger partial charge in [-0.25, -0.2) is 0 Å². The van der Waals surface area contributed by atoms with Crippen LogP contribution in [-0.4, -0.2) is 16.9 Å². The summed E-state index contributed by atoms with van der Waals surface area (Å²) in [5.41, 5.74) is 2.23. The first-order chi connectivity index (χ1) is 9.84. The molecule has 3 rings (SSSR count). The molecule has 0 unspecified atom stereocenters. The van der Waals surface area contributed by atoms with Crippen LogP contribution in [0.1, 0.15) is 36.4 Å². The van der Waals surface area contributed by atoms with Crippen LogP contribution in [0, 0.1) is 0 Å². The quantitative estimate of drug-likeness (QED) is 0.928. The standard InChI is InChI=1S/C17H18N2O/c20-16-11-6-10-15(19-16)17(13-7-2-1-3-8-13)14-9-4-5-12-18-14/h1-5,7-9,12,15,17H,6,10-11H2,(H,19,20)/t15-,17+/m1/s1. The lowest BCUT2D eigenvalue weighted by molar-refractivity contribution is -0.123. The zero-order valence-electron chi connectivity index (χ0n) is 11.3. The highest BCUT2D eigenvalue weighted by Crippen LogP contribution is 2.30. The van der Waals surface area contributed by atoms with Gasteiger partial charge in [0.15, 0.2) is 0 Å². The molecule has 1 aromatic carbocycles. The van der Waals surface area contributed by atoms with E-state index < -0.39 is 0 Å². The second-order valence-electron chi connectivity index (χ2n) is 5.21. The molecule has 1 aromatic heterocycles. The highest BCUT2D eigenvalue weighted by Gasteiger charge is 2.29. The third-order valence-electron chi connectivity index (χ3n) is 3.83. The van der Waals surface area contributed by atoms with Crippen molar-refractivity contribution in [3.8, 4) is 0 Å². The van der Waals surface area contributed by atoms with E-state index in [4.69, 9.17) is 0 Å². The molecular weight excluding hydrogens is 248 g/mol. The predicted octanol–water partition coefficient (Wildman–Crippen LogP) is 2.88. The summed E-state index contributed by atoms with van der Waals surface area (Å²) in [7, 11) is 0. The summed E-state index contributed by atoms with van der Waals surface area (Å²) in [5, 5.41) is 3.13. The van der Waals surface area contributed by atoms with Crippen molar-refractivity contribution >= 4 is 5.91 Å². The Labute approximate surface area is 119 Å². The fourth-order valence-corrected chi connectivity index (χ4v) is 2.91. The molecule has 1 aliphatic heterocycles. The van der Waals surface area contributed by atoms with Crippen LogP contribution in [-0.2, 0) is 4.79 Å². The minimum absolute atomic E-state index is 0.127. The van der Waals surface area contributed by atoms with Gasteiger partial charge in [0.25, 0.3) is 0 Å². The molecular formula is C17H18N2O. The Balaban J connectivity index is 1.97. The van der Waals surface area contributed by atoms with Crippen molar-refractivity contribution in [1.82, 2.24) is 10.3 Å². The van der Waals surface area contributed by atoms with E-state index in [9.17, 15) is 4.79 Å². The maximum absolute atomic E-state index is 11.7. The molecule has 3 heteroatoms. The second-order valence-corrected chi connectivity index (χ2v) is 5.21. The van der Waals surface area contributed by atoms with Crippen molar-refractivity contribution in [2.75, 3.05) is 0 Å². The van der Waals surface area contributed by atoms with Crippen molar-refractivity contribution in [2.45, 2.75) is 31.2 Å². The summed E-state index contributed by atoms with van der Waals surface area (Å²) in [5.74, 6) is 0.278. The van der Waals surface area contributed by atoms with Crippen LogP contribution < -0.4 is 5.32 Å². The topological polar surface area (TPSA) is 42.0 Å². The number of pyridine rings is 1. The molecule has 1 amide bonds. The molecule has 2 aromatic rings. The van der Waals surface area contributed by atoms with E-state index in [1.807, 2.05) is 42.6 Å². The first-order valence-corrected chi connectivity index (χ1v) is 7.10. The molecule has 1 N–H and O–H groups in total. The Hall–Kier alpha value is -2.16. The molecule has 0 radical (unpaired) electrons. The predicted molar refractivity (Wildman–Crippen MR) is 78.3 cm³/mol. The minimum Gasteiger partial charge on any atom is -0.352 e. The monoisotopic (exact) mass is 266 g/mol. The van der Waals surface area contributed by atoms with Crippen molar-refractivity contribution in [2.24, 2.45) is 0 Å². The Morgan fingerprint density at radius 2 is 1.90 bits per heavy atom. The van der Waals surface area contributed by atoms with Gasteiger partial charge in [-0.05, 0) is 30.5 Å². The molecule has 1 aliphatic rings. The van der Waals surface area contributed by atoms with Crippen LogP contribution in [0.25, 0.3) is 0 Å². The van der Waals surface area contributed by atoms with Gasteiger partial charge < -0.3 is 5.32 Å². The number of benzene rings is 1. The maximum atomic E-state index is 11.7. The third kappa shape index (κ3) is 2.72. The Bertz CT molecular complexity index is 529. The Morgan fingerprint density at radius 1 is 1.10 bits per heavy atom. The molecule has 0 bridgehead atoms. The van der Waals surface area contributed by atoms with Gasteiger partial charge in [0.1, 0.15) is 0 Å².